The number of fused-ring (bicyclic) bond motifs is 1. The summed E-state index contributed by atoms with van der Waals surface area (Å²) in [7, 11) is 0. The molecule has 5 heteroatoms. The molecule has 0 spiro atoms. The molecule has 2 saturated heterocycles. The molecule has 1 aliphatic carbocycles. The molecule has 2 aliphatic heterocycles. The van der Waals surface area contributed by atoms with Crippen molar-refractivity contribution in [2.24, 2.45) is 5.92 Å². The second kappa shape index (κ2) is 8.51. The van der Waals surface area contributed by atoms with E-state index in [0.717, 1.165) is 45.2 Å². The van der Waals surface area contributed by atoms with Crippen molar-refractivity contribution in [3.8, 4) is 0 Å². The predicted molar refractivity (Wildman–Crippen MR) is 99.7 cm³/mol. The third-order valence-corrected chi connectivity index (χ3v) is 5.86. The zero-order chi connectivity index (χ0) is 17.8. The van der Waals surface area contributed by atoms with E-state index in [2.05, 4.69) is 17.0 Å². The first-order valence-corrected chi connectivity index (χ1v) is 10.0. The van der Waals surface area contributed by atoms with Gasteiger partial charge >= 0.3 is 0 Å². The summed E-state index contributed by atoms with van der Waals surface area (Å²) in [5, 5.41) is 0. The molecule has 0 unspecified atom stereocenters. The van der Waals surface area contributed by atoms with Crippen LogP contribution in [0.1, 0.15) is 31.2 Å². The smallest absolute Gasteiger partial charge is 0.222 e. The summed E-state index contributed by atoms with van der Waals surface area (Å²) in [5.74, 6) is 1.10. The molecule has 0 N–H and O–H groups in total. The maximum absolute atomic E-state index is 12.5. The van der Waals surface area contributed by atoms with E-state index in [1.54, 1.807) is 0 Å². The van der Waals surface area contributed by atoms with E-state index in [-0.39, 0.29) is 5.91 Å². The van der Waals surface area contributed by atoms with E-state index < -0.39 is 0 Å². The number of morpholine rings is 1. The number of benzene rings is 1. The highest BCUT2D eigenvalue weighted by Crippen LogP contribution is 2.38. The minimum atomic E-state index is 0.265. The van der Waals surface area contributed by atoms with Crippen LogP contribution in [-0.2, 0) is 20.9 Å². The molecule has 2 atom stereocenters. The van der Waals surface area contributed by atoms with Gasteiger partial charge in [-0.2, -0.15) is 0 Å². The second-order valence-electron chi connectivity index (χ2n) is 7.82. The van der Waals surface area contributed by atoms with Crippen LogP contribution >= 0.6 is 0 Å². The number of amides is 1. The van der Waals surface area contributed by atoms with Gasteiger partial charge in [0.2, 0.25) is 5.91 Å². The standard InChI is InChI=1S/C21H30N2O3/c24-21(7-4-12-25-14-17-5-2-1-3-6-17)22-10-11-23-19(13-22)15-26-16-20(23)18-8-9-18/h1-3,5-6,18-20H,4,7-16H2/t19-,20-/m1/s1. The quantitative estimate of drug-likeness (QED) is 0.702. The lowest BCUT2D eigenvalue weighted by molar-refractivity contribution is -0.140. The predicted octanol–water partition coefficient (Wildman–Crippen LogP) is 2.30. The molecule has 1 amide bonds. The fourth-order valence-electron chi connectivity index (χ4n) is 4.24. The lowest BCUT2D eigenvalue weighted by Crippen LogP contribution is -2.63. The molecule has 1 aromatic carbocycles. The highest BCUT2D eigenvalue weighted by molar-refractivity contribution is 5.76. The third kappa shape index (κ3) is 4.45. The molecule has 0 radical (unpaired) electrons. The average molecular weight is 358 g/mol. The largest absolute Gasteiger partial charge is 0.378 e. The van der Waals surface area contributed by atoms with Crippen molar-refractivity contribution >= 4 is 5.91 Å². The van der Waals surface area contributed by atoms with E-state index >= 15 is 0 Å². The van der Waals surface area contributed by atoms with Crippen molar-refractivity contribution in [2.45, 2.75) is 44.4 Å². The van der Waals surface area contributed by atoms with Gasteiger partial charge in [-0.3, -0.25) is 9.69 Å². The molecule has 142 valence electrons. The third-order valence-electron chi connectivity index (χ3n) is 5.86. The summed E-state index contributed by atoms with van der Waals surface area (Å²) in [6.07, 6.45) is 4.07. The van der Waals surface area contributed by atoms with Crippen molar-refractivity contribution in [2.75, 3.05) is 39.5 Å². The summed E-state index contributed by atoms with van der Waals surface area (Å²) in [6, 6.07) is 11.2. The molecule has 2 heterocycles. The van der Waals surface area contributed by atoms with Crippen molar-refractivity contribution in [3.63, 3.8) is 0 Å². The molecule has 1 saturated carbocycles. The van der Waals surface area contributed by atoms with Gasteiger partial charge in [0.05, 0.1) is 25.9 Å². The van der Waals surface area contributed by atoms with Crippen LogP contribution in [0.3, 0.4) is 0 Å². The number of carbonyl (C=O) groups is 1. The molecule has 3 aliphatic rings. The van der Waals surface area contributed by atoms with Gasteiger partial charge in [0.1, 0.15) is 0 Å². The van der Waals surface area contributed by atoms with Gasteiger partial charge in [0.25, 0.3) is 0 Å². The number of hydrogen-bond acceptors (Lipinski definition) is 4. The maximum Gasteiger partial charge on any atom is 0.222 e. The Bertz CT molecular complexity index is 590. The molecule has 0 aromatic heterocycles. The summed E-state index contributed by atoms with van der Waals surface area (Å²) >= 11 is 0. The van der Waals surface area contributed by atoms with Gasteiger partial charge < -0.3 is 14.4 Å². The van der Waals surface area contributed by atoms with E-state index in [0.29, 0.717) is 31.7 Å². The second-order valence-corrected chi connectivity index (χ2v) is 7.82. The van der Waals surface area contributed by atoms with Crippen LogP contribution in [-0.4, -0.2) is 67.2 Å². The highest BCUT2D eigenvalue weighted by atomic mass is 16.5. The van der Waals surface area contributed by atoms with Crippen LogP contribution in [0, 0.1) is 5.92 Å². The molecule has 1 aromatic rings. The van der Waals surface area contributed by atoms with E-state index in [1.807, 2.05) is 23.1 Å². The van der Waals surface area contributed by atoms with Crippen LogP contribution < -0.4 is 0 Å². The van der Waals surface area contributed by atoms with Crippen molar-refractivity contribution < 1.29 is 14.3 Å². The number of piperazine rings is 1. The lowest BCUT2D eigenvalue weighted by Gasteiger charge is -2.48. The van der Waals surface area contributed by atoms with E-state index in [9.17, 15) is 4.79 Å². The number of ether oxygens (including phenoxy) is 2. The van der Waals surface area contributed by atoms with Crippen LogP contribution in [0.2, 0.25) is 0 Å². The van der Waals surface area contributed by atoms with Crippen molar-refractivity contribution in [1.29, 1.82) is 0 Å². The number of hydrogen-bond donors (Lipinski definition) is 0. The van der Waals surface area contributed by atoms with Crippen LogP contribution in [0.5, 0.6) is 0 Å². The first kappa shape index (κ1) is 18.0. The Labute approximate surface area is 156 Å². The maximum atomic E-state index is 12.5. The van der Waals surface area contributed by atoms with Gasteiger partial charge in [-0.05, 0) is 30.7 Å². The molecule has 3 fully saturated rings. The minimum absolute atomic E-state index is 0.265. The fourth-order valence-corrected chi connectivity index (χ4v) is 4.24. The Morgan fingerprint density at radius 2 is 2.00 bits per heavy atom. The van der Waals surface area contributed by atoms with Crippen molar-refractivity contribution in [1.82, 2.24) is 9.80 Å². The number of carbonyl (C=O) groups excluding carboxylic acids is 1. The van der Waals surface area contributed by atoms with Gasteiger partial charge in [0, 0.05) is 38.7 Å². The number of rotatable bonds is 7. The first-order valence-electron chi connectivity index (χ1n) is 10.0. The van der Waals surface area contributed by atoms with Crippen LogP contribution in [0.15, 0.2) is 30.3 Å². The summed E-state index contributed by atoms with van der Waals surface area (Å²) in [5.41, 5.74) is 1.18. The highest BCUT2D eigenvalue weighted by Gasteiger charge is 2.43. The Morgan fingerprint density at radius 3 is 2.81 bits per heavy atom. The summed E-state index contributed by atoms with van der Waals surface area (Å²) in [6.45, 7) is 5.61. The number of nitrogens with zero attached hydrogens (tertiary/aromatic N) is 2. The Kier molecular flexibility index (Phi) is 5.88. The Hall–Kier alpha value is -1.43. The zero-order valence-corrected chi connectivity index (χ0v) is 15.5. The summed E-state index contributed by atoms with van der Waals surface area (Å²) < 4.78 is 11.5. The molecule has 0 bridgehead atoms. The van der Waals surface area contributed by atoms with E-state index in [1.165, 1.54) is 18.4 Å². The SMILES string of the molecule is O=C(CCCOCc1ccccc1)N1CCN2[C@@H](COC[C@@H]2C2CC2)C1. The van der Waals surface area contributed by atoms with Crippen LogP contribution in [0.4, 0.5) is 0 Å². The molecule has 4 rings (SSSR count). The molecule has 26 heavy (non-hydrogen) atoms. The Morgan fingerprint density at radius 1 is 1.15 bits per heavy atom. The normalized spacial score (nSPS) is 26.5. The average Bonchev–Trinajstić information content (AvgIpc) is 3.52. The molecule has 5 nitrogen and oxygen atoms in total. The molecular formula is C21H30N2O3. The summed E-state index contributed by atoms with van der Waals surface area (Å²) in [4.78, 5) is 17.2. The Balaban J connectivity index is 1.16. The topological polar surface area (TPSA) is 42.0 Å². The van der Waals surface area contributed by atoms with Gasteiger partial charge in [-0.25, -0.2) is 0 Å². The van der Waals surface area contributed by atoms with E-state index in [4.69, 9.17) is 9.47 Å². The minimum Gasteiger partial charge on any atom is -0.378 e. The lowest BCUT2D eigenvalue weighted by atomic mass is 10.0. The fraction of sp³-hybridized carbons (Fsp3) is 0.667. The first-order chi connectivity index (χ1) is 12.8. The van der Waals surface area contributed by atoms with Gasteiger partial charge in [-0.1, -0.05) is 30.3 Å². The van der Waals surface area contributed by atoms with Crippen LogP contribution in [0.25, 0.3) is 0 Å². The monoisotopic (exact) mass is 358 g/mol. The van der Waals surface area contributed by atoms with Gasteiger partial charge in [0.15, 0.2) is 0 Å². The molecular weight excluding hydrogens is 328 g/mol. The van der Waals surface area contributed by atoms with Gasteiger partial charge in [-0.15, -0.1) is 0 Å². The van der Waals surface area contributed by atoms with Crippen molar-refractivity contribution in [3.05, 3.63) is 35.9 Å². The zero-order valence-electron chi connectivity index (χ0n) is 15.5.